The van der Waals surface area contributed by atoms with E-state index < -0.39 is 86.8 Å². The van der Waals surface area contributed by atoms with Crippen LogP contribution in [0.15, 0.2) is 36.5 Å². The van der Waals surface area contributed by atoms with Crippen molar-refractivity contribution in [2.24, 2.45) is 0 Å². The second-order valence-electron chi connectivity index (χ2n) is 14.7. The molecule has 2 rings (SSSR count). The molecule has 2 heterocycles. The molecule has 0 bridgehead atoms. The van der Waals surface area contributed by atoms with Crippen molar-refractivity contribution in [1.29, 1.82) is 0 Å². The van der Waals surface area contributed by atoms with Gasteiger partial charge in [0.05, 0.1) is 32.0 Å². The molecule has 14 heteroatoms. The predicted molar refractivity (Wildman–Crippen MR) is 208 cm³/mol. The van der Waals surface area contributed by atoms with Gasteiger partial charge in [0.25, 0.3) is 0 Å². The van der Waals surface area contributed by atoms with Crippen LogP contribution >= 0.6 is 0 Å². The number of ether oxygens (including phenoxy) is 4. The fourth-order valence-electron chi connectivity index (χ4n) is 6.66. The first kappa shape index (κ1) is 49.4. The van der Waals surface area contributed by atoms with Crippen molar-refractivity contribution in [3.8, 4) is 0 Å². The lowest BCUT2D eigenvalue weighted by molar-refractivity contribution is -0.359. The molecule has 2 aliphatic rings. The summed E-state index contributed by atoms with van der Waals surface area (Å²) in [6.45, 7) is 2.62. The molecular weight excluding hydrogens is 714 g/mol. The molecular formula is C41H73NO13. The molecule has 2 fully saturated rings. The fraction of sp³-hybridized carbons (Fsp3) is 0.829. The van der Waals surface area contributed by atoms with Gasteiger partial charge < -0.3 is 65.1 Å². The van der Waals surface area contributed by atoms with Crippen LogP contribution in [0.3, 0.4) is 0 Å². The van der Waals surface area contributed by atoms with E-state index in [0.29, 0.717) is 12.8 Å². The van der Waals surface area contributed by atoms with Crippen LogP contribution in [0.5, 0.6) is 0 Å². The van der Waals surface area contributed by atoms with Gasteiger partial charge in [-0.3, -0.25) is 4.79 Å². The standard InChI is InChI=1S/C41H73NO13/c1-3-5-7-9-11-13-14-15-16-17-19-21-23-25-33(46)42-29(30(45)24-22-20-18-12-10-8-6-4-2)28-52-40-38(51)36(49)39(32(27-44)54-40)55-41-37(50)35(48)34(47)31(26-43)53-41/h5,7,11,13,15-16,29-32,34-41,43-45,47-51H,3-4,6,8-10,12,14,17-28H2,1-2H3,(H,42,46)/b7-5-,13-11-,16-15-. The Hall–Kier alpha value is -1.79. The van der Waals surface area contributed by atoms with Crippen molar-refractivity contribution < 1.29 is 64.6 Å². The third-order valence-electron chi connectivity index (χ3n) is 10.1. The predicted octanol–water partition coefficient (Wildman–Crippen LogP) is 2.81. The van der Waals surface area contributed by atoms with Crippen molar-refractivity contribution in [3.05, 3.63) is 36.5 Å². The molecule has 14 nitrogen and oxygen atoms in total. The molecule has 0 aliphatic carbocycles. The number of carbonyl (C=O) groups excluding carboxylic acids is 1. The van der Waals surface area contributed by atoms with E-state index in [0.717, 1.165) is 64.2 Å². The number of rotatable bonds is 29. The smallest absolute Gasteiger partial charge is 0.220 e. The van der Waals surface area contributed by atoms with Crippen LogP contribution in [0.2, 0.25) is 0 Å². The van der Waals surface area contributed by atoms with Crippen LogP contribution in [0.4, 0.5) is 0 Å². The number of unbranched alkanes of at least 4 members (excludes halogenated alkanes) is 10. The lowest BCUT2D eigenvalue weighted by Crippen LogP contribution is -2.65. The van der Waals surface area contributed by atoms with E-state index in [2.05, 4.69) is 55.6 Å². The van der Waals surface area contributed by atoms with Gasteiger partial charge in [0.2, 0.25) is 5.91 Å². The number of carbonyl (C=O) groups is 1. The SMILES string of the molecule is CC/C=C\C/C=C\C/C=C\CCCCCC(=O)NC(COC1OC(CO)C(OC2OC(CO)C(O)C(O)C2O)C(O)C1O)C(O)CCCCCCCCCC. The second-order valence-corrected chi connectivity index (χ2v) is 14.7. The quantitative estimate of drug-likeness (QED) is 0.0393. The molecule has 0 aromatic heterocycles. The number of aliphatic hydroxyl groups excluding tert-OH is 8. The lowest BCUT2D eigenvalue weighted by Gasteiger charge is -2.46. The van der Waals surface area contributed by atoms with Crippen molar-refractivity contribution in [1.82, 2.24) is 5.32 Å². The number of hydrogen-bond donors (Lipinski definition) is 9. The van der Waals surface area contributed by atoms with Crippen molar-refractivity contribution in [2.75, 3.05) is 19.8 Å². The van der Waals surface area contributed by atoms with E-state index in [-0.39, 0.29) is 18.9 Å². The Bertz CT molecular complexity index is 1070. The minimum Gasteiger partial charge on any atom is -0.394 e. The van der Waals surface area contributed by atoms with Gasteiger partial charge >= 0.3 is 0 Å². The normalized spacial score (nSPS) is 30.1. The lowest BCUT2D eigenvalue weighted by atomic mass is 9.97. The van der Waals surface area contributed by atoms with Crippen LogP contribution in [0, 0.1) is 0 Å². The molecule has 320 valence electrons. The summed E-state index contributed by atoms with van der Waals surface area (Å²) in [5, 5.41) is 86.2. The van der Waals surface area contributed by atoms with Crippen molar-refractivity contribution in [3.63, 3.8) is 0 Å². The number of allylic oxidation sites excluding steroid dienone is 6. The van der Waals surface area contributed by atoms with Gasteiger partial charge in [0, 0.05) is 6.42 Å². The van der Waals surface area contributed by atoms with E-state index in [4.69, 9.17) is 18.9 Å². The zero-order chi connectivity index (χ0) is 40.4. The van der Waals surface area contributed by atoms with Crippen molar-refractivity contribution >= 4 is 5.91 Å². The number of amides is 1. The Morgan fingerprint density at radius 3 is 1.91 bits per heavy atom. The second kappa shape index (κ2) is 29.4. The monoisotopic (exact) mass is 788 g/mol. The molecule has 0 spiro atoms. The van der Waals surface area contributed by atoms with E-state index in [9.17, 15) is 45.6 Å². The highest BCUT2D eigenvalue weighted by Crippen LogP contribution is 2.30. The van der Waals surface area contributed by atoms with Gasteiger partial charge in [-0.2, -0.15) is 0 Å². The fourth-order valence-corrected chi connectivity index (χ4v) is 6.66. The number of nitrogens with one attached hydrogen (secondary N) is 1. The molecule has 1 amide bonds. The van der Waals surface area contributed by atoms with Gasteiger partial charge in [0.15, 0.2) is 12.6 Å². The Morgan fingerprint density at radius 1 is 0.673 bits per heavy atom. The molecule has 0 aromatic rings. The maximum absolute atomic E-state index is 13.0. The minimum atomic E-state index is -1.78. The summed E-state index contributed by atoms with van der Waals surface area (Å²) in [6.07, 6.45) is 11.9. The van der Waals surface area contributed by atoms with E-state index in [1.54, 1.807) is 0 Å². The number of hydrogen-bond acceptors (Lipinski definition) is 13. The summed E-state index contributed by atoms with van der Waals surface area (Å²) >= 11 is 0. The molecule has 12 unspecified atom stereocenters. The summed E-state index contributed by atoms with van der Waals surface area (Å²) in [5.41, 5.74) is 0. The summed E-state index contributed by atoms with van der Waals surface area (Å²) in [6, 6.07) is -0.839. The minimum absolute atomic E-state index is 0.243. The van der Waals surface area contributed by atoms with Crippen LogP contribution in [-0.2, 0) is 23.7 Å². The first-order chi connectivity index (χ1) is 26.6. The van der Waals surface area contributed by atoms with Gasteiger partial charge in [-0.15, -0.1) is 0 Å². The summed E-state index contributed by atoms with van der Waals surface area (Å²) < 4.78 is 22.6. The molecule has 9 N–H and O–H groups in total. The van der Waals surface area contributed by atoms with E-state index in [1.165, 1.54) is 25.7 Å². The highest BCUT2D eigenvalue weighted by atomic mass is 16.7. The third-order valence-corrected chi connectivity index (χ3v) is 10.1. The van der Waals surface area contributed by atoms with Crippen molar-refractivity contribution in [2.45, 2.75) is 197 Å². The summed E-state index contributed by atoms with van der Waals surface area (Å²) in [5.74, 6) is -0.243. The Morgan fingerprint density at radius 2 is 1.25 bits per heavy atom. The largest absolute Gasteiger partial charge is 0.394 e. The molecule has 12 atom stereocenters. The first-order valence-electron chi connectivity index (χ1n) is 20.7. The van der Waals surface area contributed by atoms with Crippen LogP contribution in [0.25, 0.3) is 0 Å². The van der Waals surface area contributed by atoms with Gasteiger partial charge in [-0.1, -0.05) is 108 Å². The Balaban J connectivity index is 1.93. The first-order valence-corrected chi connectivity index (χ1v) is 20.7. The number of aliphatic hydroxyl groups is 8. The average Bonchev–Trinajstić information content (AvgIpc) is 3.18. The van der Waals surface area contributed by atoms with Gasteiger partial charge in [0.1, 0.15) is 48.8 Å². The topological polar surface area (TPSA) is 228 Å². The molecule has 2 saturated heterocycles. The highest BCUT2D eigenvalue weighted by Gasteiger charge is 2.50. The highest BCUT2D eigenvalue weighted by molar-refractivity contribution is 5.76. The zero-order valence-electron chi connectivity index (χ0n) is 33.2. The van der Waals surface area contributed by atoms with Crippen LogP contribution in [0.1, 0.15) is 123 Å². The Kier molecular flexibility index (Phi) is 26.4. The summed E-state index contributed by atoms with van der Waals surface area (Å²) in [4.78, 5) is 13.0. The van der Waals surface area contributed by atoms with E-state index in [1.807, 2.05) is 0 Å². The van der Waals surface area contributed by atoms with Crippen LogP contribution < -0.4 is 5.32 Å². The zero-order valence-corrected chi connectivity index (χ0v) is 33.2. The van der Waals surface area contributed by atoms with Crippen LogP contribution in [-0.4, -0.2) is 140 Å². The third kappa shape index (κ3) is 18.6. The molecule has 0 aromatic carbocycles. The average molecular weight is 788 g/mol. The summed E-state index contributed by atoms with van der Waals surface area (Å²) in [7, 11) is 0. The van der Waals surface area contributed by atoms with E-state index >= 15 is 0 Å². The van der Waals surface area contributed by atoms with Gasteiger partial charge in [-0.05, 0) is 44.9 Å². The molecule has 55 heavy (non-hydrogen) atoms. The Labute approximate surface area is 328 Å². The maximum Gasteiger partial charge on any atom is 0.220 e. The maximum atomic E-state index is 13.0. The molecule has 2 aliphatic heterocycles. The molecule has 0 saturated carbocycles. The molecule has 0 radical (unpaired) electrons. The van der Waals surface area contributed by atoms with Gasteiger partial charge in [-0.25, -0.2) is 0 Å².